The summed E-state index contributed by atoms with van der Waals surface area (Å²) in [6.07, 6.45) is 0. The predicted molar refractivity (Wildman–Crippen MR) is 89.3 cm³/mol. The van der Waals surface area contributed by atoms with Crippen molar-refractivity contribution in [1.29, 1.82) is 0 Å². The fraction of sp³-hybridized carbons (Fsp3) is 0.353. The first-order chi connectivity index (χ1) is 11.6. The number of likely N-dealkylation sites (N-methyl/N-ethyl adjacent to an activating group) is 1. The number of nitrogens with zero attached hydrogens (tertiary/aromatic N) is 4. The topological polar surface area (TPSA) is 61.4 Å². The zero-order valence-corrected chi connectivity index (χ0v) is 13.6. The molecule has 7 heteroatoms. The molecule has 1 N–H and O–H groups in total. The van der Waals surface area contributed by atoms with E-state index in [2.05, 4.69) is 32.4 Å². The maximum Gasteiger partial charge on any atom is 0.272 e. The lowest BCUT2D eigenvalue weighted by Gasteiger charge is -2.32. The lowest BCUT2D eigenvalue weighted by Crippen LogP contribution is -2.44. The molecule has 0 atom stereocenters. The molecule has 1 aliphatic rings. The van der Waals surface area contributed by atoms with Crippen LogP contribution in [0.25, 0.3) is 0 Å². The van der Waals surface area contributed by atoms with Gasteiger partial charge in [0.25, 0.3) is 5.91 Å². The van der Waals surface area contributed by atoms with E-state index in [0.29, 0.717) is 5.56 Å². The summed E-state index contributed by atoms with van der Waals surface area (Å²) in [5.74, 6) is 0.0683. The Kier molecular flexibility index (Phi) is 5.00. The van der Waals surface area contributed by atoms with Crippen molar-refractivity contribution in [3.8, 4) is 0 Å². The van der Waals surface area contributed by atoms with Gasteiger partial charge >= 0.3 is 0 Å². The standard InChI is InChI=1S/C17H20FN5O/c1-22-8-10-23(11-9-22)16-7-6-15(20-21-16)17(24)19-12-13-4-2-3-5-14(13)18/h2-7H,8-12H2,1H3,(H,19,24). The molecule has 126 valence electrons. The van der Waals surface area contributed by atoms with Gasteiger partial charge in [-0.2, -0.15) is 0 Å². The van der Waals surface area contributed by atoms with Gasteiger partial charge in [0, 0.05) is 38.3 Å². The number of aromatic nitrogens is 2. The zero-order chi connectivity index (χ0) is 16.9. The van der Waals surface area contributed by atoms with Crippen molar-refractivity contribution in [2.75, 3.05) is 38.1 Å². The molecular weight excluding hydrogens is 309 g/mol. The number of amides is 1. The van der Waals surface area contributed by atoms with Crippen LogP contribution in [0.1, 0.15) is 16.1 Å². The highest BCUT2D eigenvalue weighted by Crippen LogP contribution is 2.12. The fourth-order valence-corrected chi connectivity index (χ4v) is 2.56. The second kappa shape index (κ2) is 7.35. The summed E-state index contributed by atoms with van der Waals surface area (Å²) >= 11 is 0. The number of carbonyl (C=O) groups is 1. The SMILES string of the molecule is CN1CCN(c2ccc(C(=O)NCc3ccccc3F)nn2)CC1. The minimum atomic E-state index is -0.365. The molecule has 0 saturated carbocycles. The number of benzene rings is 1. The van der Waals surface area contributed by atoms with Crippen LogP contribution in [-0.4, -0.2) is 54.2 Å². The fourth-order valence-electron chi connectivity index (χ4n) is 2.56. The van der Waals surface area contributed by atoms with Crippen molar-refractivity contribution in [2.45, 2.75) is 6.54 Å². The highest BCUT2D eigenvalue weighted by Gasteiger charge is 2.16. The Morgan fingerprint density at radius 1 is 1.12 bits per heavy atom. The molecule has 1 aromatic heterocycles. The van der Waals surface area contributed by atoms with Crippen molar-refractivity contribution in [3.05, 3.63) is 53.5 Å². The predicted octanol–water partition coefficient (Wildman–Crippen LogP) is 1.30. The number of hydrogen-bond acceptors (Lipinski definition) is 5. The lowest BCUT2D eigenvalue weighted by atomic mass is 10.2. The number of rotatable bonds is 4. The molecule has 1 saturated heterocycles. The average molecular weight is 329 g/mol. The molecule has 2 heterocycles. The highest BCUT2D eigenvalue weighted by atomic mass is 19.1. The van der Waals surface area contributed by atoms with E-state index >= 15 is 0 Å². The van der Waals surface area contributed by atoms with Crippen LogP contribution in [0.15, 0.2) is 36.4 Å². The number of carbonyl (C=O) groups excluding carboxylic acids is 1. The van der Waals surface area contributed by atoms with E-state index in [-0.39, 0.29) is 24.0 Å². The first-order valence-electron chi connectivity index (χ1n) is 7.92. The van der Waals surface area contributed by atoms with Gasteiger partial charge in [-0.3, -0.25) is 4.79 Å². The Morgan fingerprint density at radius 3 is 2.54 bits per heavy atom. The van der Waals surface area contributed by atoms with E-state index in [0.717, 1.165) is 32.0 Å². The van der Waals surface area contributed by atoms with E-state index in [1.54, 1.807) is 30.3 Å². The monoisotopic (exact) mass is 329 g/mol. The molecule has 24 heavy (non-hydrogen) atoms. The molecular formula is C17H20FN5O. The van der Waals surface area contributed by atoms with Gasteiger partial charge in [0.1, 0.15) is 5.82 Å². The second-order valence-corrected chi connectivity index (χ2v) is 5.84. The first-order valence-corrected chi connectivity index (χ1v) is 7.92. The molecule has 0 unspecified atom stereocenters. The molecule has 0 aliphatic carbocycles. The Labute approximate surface area is 140 Å². The smallest absolute Gasteiger partial charge is 0.272 e. The largest absolute Gasteiger partial charge is 0.353 e. The van der Waals surface area contributed by atoms with Crippen molar-refractivity contribution >= 4 is 11.7 Å². The molecule has 6 nitrogen and oxygen atoms in total. The average Bonchev–Trinajstić information content (AvgIpc) is 2.62. The van der Waals surface area contributed by atoms with Crippen LogP contribution in [-0.2, 0) is 6.54 Å². The molecule has 2 aromatic rings. The number of nitrogens with one attached hydrogen (secondary N) is 1. The van der Waals surface area contributed by atoms with Crippen LogP contribution < -0.4 is 10.2 Å². The summed E-state index contributed by atoms with van der Waals surface area (Å²) in [6, 6.07) is 9.80. The Balaban J connectivity index is 1.59. The van der Waals surface area contributed by atoms with Crippen LogP contribution >= 0.6 is 0 Å². The number of piperazine rings is 1. The minimum absolute atomic E-state index is 0.118. The van der Waals surface area contributed by atoms with Crippen molar-refractivity contribution in [3.63, 3.8) is 0 Å². The Hall–Kier alpha value is -2.54. The summed E-state index contributed by atoms with van der Waals surface area (Å²) in [5, 5.41) is 10.8. The van der Waals surface area contributed by atoms with Gasteiger partial charge in [-0.05, 0) is 25.2 Å². The van der Waals surface area contributed by atoms with Gasteiger partial charge < -0.3 is 15.1 Å². The van der Waals surface area contributed by atoms with Gasteiger partial charge in [-0.15, -0.1) is 10.2 Å². The summed E-state index contributed by atoms with van der Waals surface area (Å²) in [4.78, 5) is 16.5. The maximum absolute atomic E-state index is 13.5. The minimum Gasteiger partial charge on any atom is -0.353 e. The molecule has 1 fully saturated rings. The van der Waals surface area contributed by atoms with Crippen LogP contribution in [0.2, 0.25) is 0 Å². The molecule has 1 amide bonds. The van der Waals surface area contributed by atoms with Crippen molar-refractivity contribution in [1.82, 2.24) is 20.4 Å². The highest BCUT2D eigenvalue weighted by molar-refractivity contribution is 5.92. The quantitative estimate of drug-likeness (QED) is 0.916. The maximum atomic E-state index is 13.5. The van der Waals surface area contributed by atoms with Gasteiger partial charge in [0.2, 0.25) is 0 Å². The Morgan fingerprint density at radius 2 is 1.88 bits per heavy atom. The van der Waals surface area contributed by atoms with E-state index in [1.165, 1.54) is 6.07 Å². The molecule has 3 rings (SSSR count). The summed E-state index contributed by atoms with van der Waals surface area (Å²) in [7, 11) is 2.09. The van der Waals surface area contributed by atoms with E-state index < -0.39 is 0 Å². The van der Waals surface area contributed by atoms with Gasteiger partial charge in [0.05, 0.1) is 0 Å². The van der Waals surface area contributed by atoms with Gasteiger partial charge in [-0.25, -0.2) is 4.39 Å². The van der Waals surface area contributed by atoms with Crippen molar-refractivity contribution < 1.29 is 9.18 Å². The summed E-state index contributed by atoms with van der Waals surface area (Å²) in [6.45, 7) is 3.86. The summed E-state index contributed by atoms with van der Waals surface area (Å²) < 4.78 is 13.5. The molecule has 0 spiro atoms. The molecule has 0 radical (unpaired) electrons. The van der Waals surface area contributed by atoms with Crippen molar-refractivity contribution in [2.24, 2.45) is 0 Å². The normalized spacial score (nSPS) is 15.3. The van der Waals surface area contributed by atoms with E-state index in [4.69, 9.17) is 0 Å². The third-order valence-electron chi connectivity index (χ3n) is 4.11. The van der Waals surface area contributed by atoms with E-state index in [1.807, 2.05) is 0 Å². The first kappa shape index (κ1) is 16.3. The van der Waals surface area contributed by atoms with Gasteiger partial charge in [0.15, 0.2) is 11.5 Å². The Bertz CT molecular complexity index is 698. The lowest BCUT2D eigenvalue weighted by molar-refractivity contribution is 0.0944. The third kappa shape index (κ3) is 3.86. The number of anilines is 1. The van der Waals surface area contributed by atoms with Crippen LogP contribution in [0.3, 0.4) is 0 Å². The molecule has 0 bridgehead atoms. The third-order valence-corrected chi connectivity index (χ3v) is 4.11. The zero-order valence-electron chi connectivity index (χ0n) is 13.6. The number of hydrogen-bond donors (Lipinski definition) is 1. The van der Waals surface area contributed by atoms with Crippen LogP contribution in [0.5, 0.6) is 0 Å². The second-order valence-electron chi connectivity index (χ2n) is 5.84. The van der Waals surface area contributed by atoms with Crippen LogP contribution in [0.4, 0.5) is 10.2 Å². The number of halogens is 1. The summed E-state index contributed by atoms with van der Waals surface area (Å²) in [5.41, 5.74) is 0.664. The van der Waals surface area contributed by atoms with Gasteiger partial charge in [-0.1, -0.05) is 18.2 Å². The molecule has 1 aliphatic heterocycles. The van der Waals surface area contributed by atoms with E-state index in [9.17, 15) is 9.18 Å². The van der Waals surface area contributed by atoms with Crippen LogP contribution in [0, 0.1) is 5.82 Å². The molecule has 1 aromatic carbocycles.